The average molecular weight is 382 g/mol. The number of carboxylic acid groups (broad SMARTS) is 2. The van der Waals surface area contributed by atoms with Crippen molar-refractivity contribution in [1.29, 1.82) is 0 Å². The molecule has 0 atom stereocenters. The zero-order valence-corrected chi connectivity index (χ0v) is 15.8. The second kappa shape index (κ2) is 9.86. The molecule has 0 bridgehead atoms. The van der Waals surface area contributed by atoms with E-state index in [-0.39, 0.29) is 17.1 Å². The maximum Gasteiger partial charge on any atom is 0.414 e. The Kier molecular flexibility index (Phi) is 8.17. The van der Waals surface area contributed by atoms with Gasteiger partial charge in [-0.15, -0.1) is 0 Å². The van der Waals surface area contributed by atoms with Crippen LogP contribution in [0.4, 0.5) is 0 Å². The van der Waals surface area contributed by atoms with Crippen molar-refractivity contribution < 1.29 is 33.8 Å². The highest BCUT2D eigenvalue weighted by Gasteiger charge is 2.26. The molecule has 1 aliphatic heterocycles. The number of nitrogens with zero attached hydrogens (tertiary/aromatic N) is 2. The fourth-order valence-corrected chi connectivity index (χ4v) is 2.44. The number of hydrogen-bond acceptors (Lipinski definition) is 6. The lowest BCUT2D eigenvalue weighted by Gasteiger charge is -2.35. The van der Waals surface area contributed by atoms with E-state index in [2.05, 4.69) is 25.7 Å². The van der Waals surface area contributed by atoms with Gasteiger partial charge in [-0.1, -0.05) is 20.8 Å². The van der Waals surface area contributed by atoms with Gasteiger partial charge in [0.15, 0.2) is 5.76 Å². The molecular formula is C18H26N2O7. The number of carboxylic acids is 2. The molecule has 0 radical (unpaired) electrons. The maximum absolute atomic E-state index is 12.2. The van der Waals surface area contributed by atoms with Crippen molar-refractivity contribution in [2.45, 2.75) is 27.2 Å². The van der Waals surface area contributed by atoms with Gasteiger partial charge in [-0.05, 0) is 17.5 Å². The number of ketones is 1. The van der Waals surface area contributed by atoms with Crippen molar-refractivity contribution in [3.63, 3.8) is 0 Å². The smallest absolute Gasteiger partial charge is 0.414 e. The highest BCUT2D eigenvalue weighted by atomic mass is 16.4. The molecule has 9 heteroatoms. The van der Waals surface area contributed by atoms with Gasteiger partial charge in [0, 0.05) is 32.6 Å². The molecule has 1 aromatic rings. The van der Waals surface area contributed by atoms with Crippen molar-refractivity contribution in [1.82, 2.24) is 9.80 Å². The predicted molar refractivity (Wildman–Crippen MR) is 95.4 cm³/mol. The Hall–Kier alpha value is -2.68. The molecule has 1 fully saturated rings. The summed E-state index contributed by atoms with van der Waals surface area (Å²) in [5, 5.41) is 14.8. The van der Waals surface area contributed by atoms with Crippen LogP contribution in [-0.2, 0) is 14.4 Å². The van der Waals surface area contributed by atoms with Gasteiger partial charge in [-0.25, -0.2) is 9.59 Å². The van der Waals surface area contributed by atoms with Gasteiger partial charge < -0.3 is 19.5 Å². The molecule has 2 N–H and O–H groups in total. The van der Waals surface area contributed by atoms with Crippen LogP contribution in [0.5, 0.6) is 0 Å². The van der Waals surface area contributed by atoms with E-state index in [0.29, 0.717) is 31.8 Å². The Bertz CT molecular complexity index is 642. The summed E-state index contributed by atoms with van der Waals surface area (Å²) in [6.07, 6.45) is 2.08. The molecule has 9 nitrogen and oxygen atoms in total. The second-order valence-electron chi connectivity index (χ2n) is 7.41. The van der Waals surface area contributed by atoms with Crippen molar-refractivity contribution >= 4 is 23.6 Å². The Morgan fingerprint density at radius 2 is 1.59 bits per heavy atom. The Labute approximate surface area is 157 Å². The lowest BCUT2D eigenvalue weighted by Crippen LogP contribution is -2.50. The predicted octanol–water partition coefficient (Wildman–Crippen LogP) is 1.20. The molecule has 27 heavy (non-hydrogen) atoms. The average Bonchev–Trinajstić information content (AvgIpc) is 3.09. The minimum atomic E-state index is -1.82. The first-order valence-electron chi connectivity index (χ1n) is 8.52. The number of furan rings is 1. The highest BCUT2D eigenvalue weighted by Crippen LogP contribution is 2.20. The lowest BCUT2D eigenvalue weighted by molar-refractivity contribution is -0.159. The second-order valence-corrected chi connectivity index (χ2v) is 7.41. The summed E-state index contributed by atoms with van der Waals surface area (Å²) in [6, 6.07) is 3.40. The Morgan fingerprint density at radius 3 is 2.00 bits per heavy atom. The van der Waals surface area contributed by atoms with Crippen LogP contribution in [0.25, 0.3) is 0 Å². The van der Waals surface area contributed by atoms with Crippen LogP contribution in [0.2, 0.25) is 0 Å². The van der Waals surface area contributed by atoms with Crippen molar-refractivity contribution in [2.24, 2.45) is 5.41 Å². The zero-order chi connectivity index (χ0) is 20.6. The summed E-state index contributed by atoms with van der Waals surface area (Å²) in [5.41, 5.74) is 0.0173. The number of rotatable bonds is 4. The fraction of sp³-hybridized carbons (Fsp3) is 0.556. The first-order chi connectivity index (χ1) is 12.5. The SMILES string of the molecule is CC(C)(C)CC(=O)N1CCN(CC(=O)c2ccco2)CC1.O=C(O)C(=O)O. The van der Waals surface area contributed by atoms with Gasteiger partial charge >= 0.3 is 11.9 Å². The van der Waals surface area contributed by atoms with Gasteiger partial charge in [-0.3, -0.25) is 14.5 Å². The minimum absolute atomic E-state index is 0.00512. The summed E-state index contributed by atoms with van der Waals surface area (Å²) < 4.78 is 5.11. The number of carbonyl (C=O) groups is 4. The quantitative estimate of drug-likeness (QED) is 0.587. The number of hydrogen-bond donors (Lipinski definition) is 2. The number of piperazine rings is 1. The molecule has 0 aliphatic carbocycles. The monoisotopic (exact) mass is 382 g/mol. The fourth-order valence-electron chi connectivity index (χ4n) is 2.44. The summed E-state index contributed by atoms with van der Waals surface area (Å²) in [5.74, 6) is -3.04. The number of Topliss-reactive ketones (excluding diaryl/α,β-unsaturated/α-hetero) is 1. The zero-order valence-electron chi connectivity index (χ0n) is 15.8. The molecule has 1 aliphatic rings. The molecule has 1 amide bonds. The summed E-state index contributed by atoms with van der Waals surface area (Å²) in [4.78, 5) is 46.3. The van der Waals surface area contributed by atoms with Gasteiger partial charge in [-0.2, -0.15) is 0 Å². The van der Waals surface area contributed by atoms with E-state index >= 15 is 0 Å². The van der Waals surface area contributed by atoms with E-state index in [4.69, 9.17) is 24.2 Å². The van der Waals surface area contributed by atoms with Crippen LogP contribution >= 0.6 is 0 Å². The van der Waals surface area contributed by atoms with Crippen molar-refractivity contribution in [2.75, 3.05) is 32.7 Å². The molecule has 0 saturated carbocycles. The molecule has 0 spiro atoms. The summed E-state index contributed by atoms with van der Waals surface area (Å²) in [6.45, 7) is 9.44. The molecule has 1 aromatic heterocycles. The van der Waals surface area contributed by atoms with Crippen LogP contribution in [0.3, 0.4) is 0 Å². The van der Waals surface area contributed by atoms with Crippen LogP contribution in [-0.4, -0.2) is 76.4 Å². The van der Waals surface area contributed by atoms with E-state index in [1.54, 1.807) is 12.1 Å². The van der Waals surface area contributed by atoms with E-state index < -0.39 is 11.9 Å². The van der Waals surface area contributed by atoms with Crippen LogP contribution in [0.15, 0.2) is 22.8 Å². The molecular weight excluding hydrogens is 356 g/mol. The molecule has 0 aromatic carbocycles. The topological polar surface area (TPSA) is 128 Å². The summed E-state index contributed by atoms with van der Waals surface area (Å²) in [7, 11) is 0. The number of carbonyl (C=O) groups excluding carboxylic acids is 2. The molecule has 150 valence electrons. The lowest BCUT2D eigenvalue weighted by atomic mass is 9.91. The highest BCUT2D eigenvalue weighted by molar-refractivity contribution is 6.27. The first kappa shape index (κ1) is 22.4. The van der Waals surface area contributed by atoms with Gasteiger partial charge in [0.1, 0.15) is 0 Å². The molecule has 0 unspecified atom stereocenters. The third-order valence-electron chi connectivity index (χ3n) is 3.75. The molecule has 2 heterocycles. The van der Waals surface area contributed by atoms with Crippen molar-refractivity contribution in [3.05, 3.63) is 24.2 Å². The first-order valence-corrected chi connectivity index (χ1v) is 8.52. The van der Waals surface area contributed by atoms with E-state index in [1.165, 1.54) is 6.26 Å². The minimum Gasteiger partial charge on any atom is -0.473 e. The third kappa shape index (κ3) is 8.50. The standard InChI is InChI=1S/C16H24N2O3.C2H2O4/c1-16(2,3)11-15(20)18-8-6-17(7-9-18)12-13(19)14-5-4-10-21-14;3-1(4)2(5)6/h4-5,10H,6-9,11-12H2,1-3H3;(H,3,4)(H,5,6). The van der Waals surface area contributed by atoms with Gasteiger partial charge in [0.25, 0.3) is 0 Å². The van der Waals surface area contributed by atoms with E-state index in [1.807, 2.05) is 4.90 Å². The Morgan fingerprint density at radius 1 is 1.04 bits per heavy atom. The maximum atomic E-state index is 12.2. The van der Waals surface area contributed by atoms with Gasteiger partial charge in [0.05, 0.1) is 12.8 Å². The van der Waals surface area contributed by atoms with Crippen LogP contribution < -0.4 is 0 Å². The van der Waals surface area contributed by atoms with Crippen molar-refractivity contribution in [3.8, 4) is 0 Å². The molecule has 2 rings (SSSR count). The van der Waals surface area contributed by atoms with Gasteiger partial charge in [0.2, 0.25) is 11.7 Å². The number of amides is 1. The third-order valence-corrected chi connectivity index (χ3v) is 3.75. The summed E-state index contributed by atoms with van der Waals surface area (Å²) >= 11 is 0. The van der Waals surface area contributed by atoms with E-state index in [0.717, 1.165) is 13.1 Å². The Balaban J connectivity index is 0.000000527. The molecule has 1 saturated heterocycles. The number of aliphatic carboxylic acids is 2. The van der Waals surface area contributed by atoms with Crippen LogP contribution in [0, 0.1) is 5.41 Å². The largest absolute Gasteiger partial charge is 0.473 e. The van der Waals surface area contributed by atoms with E-state index in [9.17, 15) is 9.59 Å². The normalized spacial score (nSPS) is 14.9. The van der Waals surface area contributed by atoms with Crippen LogP contribution in [0.1, 0.15) is 37.7 Å².